The van der Waals surface area contributed by atoms with Crippen molar-refractivity contribution >= 4 is 35.1 Å². The van der Waals surface area contributed by atoms with Gasteiger partial charge in [-0.3, -0.25) is 9.69 Å². The molecule has 3 aromatic carbocycles. The van der Waals surface area contributed by atoms with Crippen LogP contribution in [0.1, 0.15) is 45.6 Å². The van der Waals surface area contributed by atoms with Crippen molar-refractivity contribution in [2.24, 2.45) is 0 Å². The number of ketones is 1. The quantitative estimate of drug-likeness (QED) is 0.397. The number of hydrogen-bond acceptors (Lipinski definition) is 4. The van der Waals surface area contributed by atoms with E-state index in [1.165, 1.54) is 5.56 Å². The topological polar surface area (TPSA) is 38.8 Å². The zero-order valence-corrected chi connectivity index (χ0v) is 19.2. The minimum Gasteiger partial charge on any atom is -0.478 e. The molecular formula is C26H21Cl2NO3. The van der Waals surface area contributed by atoms with Gasteiger partial charge in [0.2, 0.25) is 5.78 Å². The highest BCUT2D eigenvalue weighted by Crippen LogP contribution is 2.45. The molecule has 0 aliphatic carbocycles. The number of fused-ring (bicyclic) bond motifs is 3. The number of allylic oxidation sites excluding steroid dienone is 1. The van der Waals surface area contributed by atoms with Crippen molar-refractivity contribution in [2.75, 3.05) is 6.73 Å². The fraction of sp³-hybridized carbons (Fsp3) is 0.192. The number of carbonyl (C=O) groups is 1. The summed E-state index contributed by atoms with van der Waals surface area (Å²) in [7, 11) is 0. The molecule has 4 nitrogen and oxygen atoms in total. The SMILES string of the molecule is Cc1cc2c(c3c1C(=O)/C(=C/c1c(Cl)cccc1Cl)O3)CN(C(C)c1ccccc1)CO2. The lowest BCUT2D eigenvalue weighted by Crippen LogP contribution is -2.34. The van der Waals surface area contributed by atoms with Crippen LogP contribution < -0.4 is 9.47 Å². The summed E-state index contributed by atoms with van der Waals surface area (Å²) >= 11 is 12.6. The first-order chi connectivity index (χ1) is 15.4. The van der Waals surface area contributed by atoms with Crippen LogP contribution in [0.2, 0.25) is 10.0 Å². The average molecular weight is 466 g/mol. The van der Waals surface area contributed by atoms with Crippen LogP contribution in [0.25, 0.3) is 6.08 Å². The lowest BCUT2D eigenvalue weighted by molar-refractivity contribution is 0.0605. The standard InChI is InChI=1S/C26H21Cl2NO3/c1-15-11-22-19(13-29(14-31-22)16(2)17-7-4-3-5-8-17)26-24(15)25(30)23(32-26)12-18-20(27)9-6-10-21(18)28/h3-12,16H,13-14H2,1-2H3/b23-12-. The Morgan fingerprint density at radius 2 is 1.78 bits per heavy atom. The van der Waals surface area contributed by atoms with Crippen LogP contribution in [0.4, 0.5) is 0 Å². The number of nitrogens with zero attached hydrogens (tertiary/aromatic N) is 1. The summed E-state index contributed by atoms with van der Waals surface area (Å²) in [6, 6.07) is 17.6. The summed E-state index contributed by atoms with van der Waals surface area (Å²) < 4.78 is 12.2. The molecule has 0 radical (unpaired) electrons. The van der Waals surface area contributed by atoms with Crippen molar-refractivity contribution in [3.63, 3.8) is 0 Å². The van der Waals surface area contributed by atoms with Crippen LogP contribution in [0.15, 0.2) is 60.4 Å². The second-order valence-electron chi connectivity index (χ2n) is 8.06. The highest BCUT2D eigenvalue weighted by atomic mass is 35.5. The van der Waals surface area contributed by atoms with Crippen molar-refractivity contribution in [3.05, 3.63) is 98.2 Å². The van der Waals surface area contributed by atoms with E-state index in [2.05, 4.69) is 24.0 Å². The fourth-order valence-electron chi connectivity index (χ4n) is 4.22. The minimum absolute atomic E-state index is 0.148. The summed E-state index contributed by atoms with van der Waals surface area (Å²) in [5.74, 6) is 1.34. The van der Waals surface area contributed by atoms with E-state index in [4.69, 9.17) is 32.7 Å². The molecule has 2 heterocycles. The molecule has 5 rings (SSSR count). The van der Waals surface area contributed by atoms with E-state index in [0.717, 1.165) is 16.9 Å². The molecule has 1 atom stereocenters. The summed E-state index contributed by atoms with van der Waals surface area (Å²) in [5, 5.41) is 0.921. The predicted molar refractivity (Wildman–Crippen MR) is 126 cm³/mol. The third-order valence-electron chi connectivity index (χ3n) is 6.06. The smallest absolute Gasteiger partial charge is 0.232 e. The monoisotopic (exact) mass is 465 g/mol. The van der Waals surface area contributed by atoms with Gasteiger partial charge in [-0.2, -0.15) is 0 Å². The molecule has 162 valence electrons. The maximum Gasteiger partial charge on any atom is 0.232 e. The van der Waals surface area contributed by atoms with Gasteiger partial charge in [-0.15, -0.1) is 0 Å². The van der Waals surface area contributed by atoms with Gasteiger partial charge in [0.1, 0.15) is 18.2 Å². The number of ether oxygens (including phenoxy) is 2. The van der Waals surface area contributed by atoms with Crippen LogP contribution in [-0.2, 0) is 6.54 Å². The molecule has 2 aliphatic heterocycles. The maximum atomic E-state index is 13.2. The first-order valence-corrected chi connectivity index (χ1v) is 11.2. The average Bonchev–Trinajstić information content (AvgIpc) is 3.13. The van der Waals surface area contributed by atoms with Gasteiger partial charge in [-0.1, -0.05) is 59.6 Å². The molecule has 0 fully saturated rings. The third kappa shape index (κ3) is 3.58. The number of aryl methyl sites for hydroxylation is 1. The Hall–Kier alpha value is -2.79. The number of rotatable bonds is 3. The van der Waals surface area contributed by atoms with E-state index in [-0.39, 0.29) is 17.6 Å². The van der Waals surface area contributed by atoms with Gasteiger partial charge < -0.3 is 9.47 Å². The molecule has 0 aromatic heterocycles. The molecule has 0 spiro atoms. The van der Waals surface area contributed by atoms with Crippen molar-refractivity contribution in [1.82, 2.24) is 4.90 Å². The second-order valence-corrected chi connectivity index (χ2v) is 8.87. The minimum atomic E-state index is -0.176. The third-order valence-corrected chi connectivity index (χ3v) is 6.71. The first-order valence-electron chi connectivity index (χ1n) is 10.4. The molecule has 1 unspecified atom stereocenters. The van der Waals surface area contributed by atoms with Gasteiger partial charge in [0.05, 0.1) is 11.1 Å². The molecule has 6 heteroatoms. The number of Topliss-reactive ketones (excluding diaryl/α,β-unsaturated/α-hetero) is 1. The number of benzene rings is 3. The van der Waals surface area contributed by atoms with E-state index in [1.807, 2.05) is 31.2 Å². The molecule has 3 aromatic rings. The molecule has 0 amide bonds. The van der Waals surface area contributed by atoms with E-state index in [1.54, 1.807) is 24.3 Å². The highest BCUT2D eigenvalue weighted by Gasteiger charge is 2.36. The Bertz CT molecular complexity index is 1230. The van der Waals surface area contributed by atoms with Gasteiger partial charge in [0, 0.05) is 28.2 Å². The van der Waals surface area contributed by atoms with E-state index >= 15 is 0 Å². The van der Waals surface area contributed by atoms with Crippen molar-refractivity contribution in [3.8, 4) is 11.5 Å². The Labute approximate surface area is 197 Å². The van der Waals surface area contributed by atoms with E-state index in [0.29, 0.717) is 40.2 Å². The van der Waals surface area contributed by atoms with E-state index < -0.39 is 0 Å². The number of hydrogen-bond donors (Lipinski definition) is 0. The van der Waals surface area contributed by atoms with Gasteiger partial charge in [0.15, 0.2) is 5.76 Å². The second kappa shape index (κ2) is 8.28. The molecule has 0 saturated carbocycles. The van der Waals surface area contributed by atoms with E-state index in [9.17, 15) is 4.79 Å². The van der Waals surface area contributed by atoms with Crippen LogP contribution in [0.5, 0.6) is 11.5 Å². The fourth-order valence-corrected chi connectivity index (χ4v) is 4.72. The predicted octanol–water partition coefficient (Wildman–Crippen LogP) is 6.83. The Kier molecular flexibility index (Phi) is 5.46. The van der Waals surface area contributed by atoms with Crippen molar-refractivity contribution < 1.29 is 14.3 Å². The zero-order valence-electron chi connectivity index (χ0n) is 17.7. The molecule has 0 bridgehead atoms. The zero-order chi connectivity index (χ0) is 22.4. The van der Waals surface area contributed by atoms with Gasteiger partial charge in [0.25, 0.3) is 0 Å². The normalized spacial score (nSPS) is 17.5. The molecule has 0 saturated heterocycles. The lowest BCUT2D eigenvalue weighted by atomic mass is 9.98. The summed E-state index contributed by atoms with van der Waals surface area (Å²) in [6.45, 7) is 5.12. The lowest BCUT2D eigenvalue weighted by Gasteiger charge is -2.34. The van der Waals surface area contributed by atoms with Crippen LogP contribution in [-0.4, -0.2) is 17.4 Å². The Morgan fingerprint density at radius 1 is 1.06 bits per heavy atom. The van der Waals surface area contributed by atoms with Crippen molar-refractivity contribution in [2.45, 2.75) is 26.4 Å². The molecular weight excluding hydrogens is 445 g/mol. The van der Waals surface area contributed by atoms with Crippen LogP contribution >= 0.6 is 23.2 Å². The van der Waals surface area contributed by atoms with Crippen LogP contribution in [0, 0.1) is 6.92 Å². The molecule has 0 N–H and O–H groups in total. The maximum absolute atomic E-state index is 13.2. The highest BCUT2D eigenvalue weighted by molar-refractivity contribution is 6.37. The molecule has 32 heavy (non-hydrogen) atoms. The van der Waals surface area contributed by atoms with Crippen LogP contribution in [0.3, 0.4) is 0 Å². The van der Waals surface area contributed by atoms with Gasteiger partial charge in [-0.25, -0.2) is 0 Å². The Balaban J connectivity index is 1.52. The summed E-state index contributed by atoms with van der Waals surface area (Å²) in [5.41, 5.74) is 4.03. The molecule has 2 aliphatic rings. The Morgan fingerprint density at radius 3 is 2.50 bits per heavy atom. The largest absolute Gasteiger partial charge is 0.478 e. The number of halogens is 2. The van der Waals surface area contributed by atoms with Gasteiger partial charge in [-0.05, 0) is 49.2 Å². The number of carbonyl (C=O) groups excluding carboxylic acids is 1. The summed E-state index contributed by atoms with van der Waals surface area (Å²) in [6.07, 6.45) is 1.62. The van der Waals surface area contributed by atoms with Gasteiger partial charge >= 0.3 is 0 Å². The summed E-state index contributed by atoms with van der Waals surface area (Å²) in [4.78, 5) is 15.4. The first kappa shape index (κ1) is 21.1. The van der Waals surface area contributed by atoms with Crippen molar-refractivity contribution in [1.29, 1.82) is 0 Å².